The van der Waals surface area contributed by atoms with Gasteiger partial charge in [0.25, 0.3) is 0 Å². The number of anilines is 1. The van der Waals surface area contributed by atoms with Crippen molar-refractivity contribution in [2.24, 2.45) is 0 Å². The molecule has 17 heavy (non-hydrogen) atoms. The highest BCUT2D eigenvalue weighted by Gasteiger charge is 2.09. The Morgan fingerprint density at radius 2 is 1.76 bits per heavy atom. The summed E-state index contributed by atoms with van der Waals surface area (Å²) in [4.78, 5) is 11.4. The van der Waals surface area contributed by atoms with Crippen LogP contribution in [0.5, 0.6) is 0 Å². The Balaban J connectivity index is 2.79. The summed E-state index contributed by atoms with van der Waals surface area (Å²) in [5, 5.41) is 0. The largest absolute Gasteiger partial charge is 0.294 e. The number of ketones is 1. The molecule has 0 aliphatic heterocycles. The molecule has 0 amide bonds. The summed E-state index contributed by atoms with van der Waals surface area (Å²) in [7, 11) is -3.26. The van der Waals surface area contributed by atoms with Crippen LogP contribution in [0.15, 0.2) is 24.3 Å². The maximum Gasteiger partial charge on any atom is 0.232 e. The molecule has 0 saturated heterocycles. The van der Waals surface area contributed by atoms with Crippen molar-refractivity contribution in [3.05, 3.63) is 29.8 Å². The minimum absolute atomic E-state index is 0.0490. The molecule has 1 aromatic carbocycles. The van der Waals surface area contributed by atoms with Gasteiger partial charge in [0.05, 0.1) is 5.75 Å². The fourth-order valence-electron chi connectivity index (χ4n) is 1.43. The number of nitrogens with one attached hydrogen (secondary N) is 1. The summed E-state index contributed by atoms with van der Waals surface area (Å²) >= 11 is 0. The first-order valence-electron chi connectivity index (χ1n) is 5.62. The molecular formula is C12H17NO3S. The minimum Gasteiger partial charge on any atom is -0.294 e. The second kappa shape index (κ2) is 5.82. The van der Waals surface area contributed by atoms with Gasteiger partial charge in [-0.05, 0) is 30.7 Å². The van der Waals surface area contributed by atoms with Crippen LogP contribution in [0.2, 0.25) is 0 Å². The molecule has 1 aromatic rings. The highest BCUT2D eigenvalue weighted by Crippen LogP contribution is 2.13. The number of Topliss-reactive ketones (excluding diaryl/α,β-unsaturated/α-hetero) is 1. The van der Waals surface area contributed by atoms with E-state index in [4.69, 9.17) is 0 Å². The number of carbonyl (C=O) groups is 1. The van der Waals surface area contributed by atoms with Gasteiger partial charge in [0, 0.05) is 17.7 Å². The molecule has 0 fully saturated rings. The summed E-state index contributed by atoms with van der Waals surface area (Å²) in [6.07, 6.45) is 1.02. The lowest BCUT2D eigenvalue weighted by Crippen LogP contribution is -2.16. The predicted molar refractivity (Wildman–Crippen MR) is 68.8 cm³/mol. The number of hydrogen-bond acceptors (Lipinski definition) is 3. The van der Waals surface area contributed by atoms with Crippen LogP contribution in [0, 0.1) is 0 Å². The summed E-state index contributed by atoms with van der Waals surface area (Å²) in [6.45, 7) is 3.60. The smallest absolute Gasteiger partial charge is 0.232 e. The van der Waals surface area contributed by atoms with Gasteiger partial charge >= 0.3 is 0 Å². The minimum atomic E-state index is -3.26. The first-order valence-corrected chi connectivity index (χ1v) is 7.27. The zero-order valence-corrected chi connectivity index (χ0v) is 10.9. The Bertz CT molecular complexity index is 477. The number of sulfonamides is 1. The van der Waals surface area contributed by atoms with E-state index in [1.165, 1.54) is 0 Å². The molecule has 1 N–H and O–H groups in total. The third-order valence-electron chi connectivity index (χ3n) is 2.27. The van der Waals surface area contributed by atoms with Crippen molar-refractivity contribution in [2.75, 3.05) is 10.5 Å². The van der Waals surface area contributed by atoms with E-state index in [0.29, 0.717) is 24.1 Å². The van der Waals surface area contributed by atoms with E-state index in [1.54, 1.807) is 31.2 Å². The summed E-state index contributed by atoms with van der Waals surface area (Å²) in [5.74, 6) is 0.149. The van der Waals surface area contributed by atoms with Crippen LogP contribution in [0.25, 0.3) is 0 Å². The van der Waals surface area contributed by atoms with Crippen molar-refractivity contribution in [3.63, 3.8) is 0 Å². The first kappa shape index (κ1) is 13.7. The van der Waals surface area contributed by atoms with E-state index in [9.17, 15) is 13.2 Å². The van der Waals surface area contributed by atoms with Crippen molar-refractivity contribution in [1.29, 1.82) is 0 Å². The van der Waals surface area contributed by atoms with Gasteiger partial charge in [-0.15, -0.1) is 0 Å². The van der Waals surface area contributed by atoms with E-state index in [2.05, 4.69) is 4.72 Å². The third-order valence-corrected chi connectivity index (χ3v) is 3.77. The maximum absolute atomic E-state index is 11.5. The van der Waals surface area contributed by atoms with E-state index in [0.717, 1.165) is 0 Å². The Morgan fingerprint density at radius 3 is 2.24 bits per heavy atom. The fraction of sp³-hybridized carbons (Fsp3) is 0.417. The van der Waals surface area contributed by atoms with Crippen LogP contribution in [-0.2, 0) is 10.0 Å². The second-order valence-corrected chi connectivity index (χ2v) is 5.62. The highest BCUT2D eigenvalue weighted by molar-refractivity contribution is 7.92. The lowest BCUT2D eigenvalue weighted by atomic mass is 10.1. The van der Waals surface area contributed by atoms with Gasteiger partial charge in [0.15, 0.2) is 5.78 Å². The van der Waals surface area contributed by atoms with Crippen molar-refractivity contribution in [3.8, 4) is 0 Å². The molecule has 0 aliphatic rings. The predicted octanol–water partition coefficient (Wildman–Crippen LogP) is 2.43. The standard InChI is InChI=1S/C12H17NO3S/c1-3-9-17(15,16)13-11-7-5-10(6-8-11)12(14)4-2/h5-8,13H,3-4,9H2,1-2H3. The Kier molecular flexibility index (Phi) is 4.69. The number of benzene rings is 1. The normalized spacial score (nSPS) is 11.2. The molecule has 0 aromatic heterocycles. The quantitative estimate of drug-likeness (QED) is 0.794. The van der Waals surface area contributed by atoms with Gasteiger partial charge < -0.3 is 0 Å². The van der Waals surface area contributed by atoms with Crippen LogP contribution in [0.1, 0.15) is 37.0 Å². The lowest BCUT2D eigenvalue weighted by molar-refractivity contribution is 0.0988. The molecule has 94 valence electrons. The van der Waals surface area contributed by atoms with Crippen LogP contribution < -0.4 is 4.72 Å². The molecule has 0 bridgehead atoms. The molecule has 0 spiro atoms. The number of hydrogen-bond donors (Lipinski definition) is 1. The molecule has 0 radical (unpaired) electrons. The van der Waals surface area contributed by atoms with Crippen molar-refractivity contribution < 1.29 is 13.2 Å². The van der Waals surface area contributed by atoms with Gasteiger partial charge in [-0.1, -0.05) is 13.8 Å². The Hall–Kier alpha value is -1.36. The van der Waals surface area contributed by atoms with Crippen molar-refractivity contribution in [2.45, 2.75) is 26.7 Å². The highest BCUT2D eigenvalue weighted by atomic mass is 32.2. The van der Waals surface area contributed by atoms with Crippen LogP contribution >= 0.6 is 0 Å². The number of carbonyl (C=O) groups excluding carboxylic acids is 1. The fourth-order valence-corrected chi connectivity index (χ4v) is 2.56. The molecule has 0 aliphatic carbocycles. The van der Waals surface area contributed by atoms with Gasteiger partial charge in [-0.25, -0.2) is 8.42 Å². The van der Waals surface area contributed by atoms with E-state index < -0.39 is 10.0 Å². The van der Waals surface area contributed by atoms with E-state index >= 15 is 0 Å². The second-order valence-electron chi connectivity index (χ2n) is 3.78. The molecule has 0 heterocycles. The topological polar surface area (TPSA) is 63.2 Å². The lowest BCUT2D eigenvalue weighted by Gasteiger charge is -2.07. The third kappa shape index (κ3) is 4.19. The monoisotopic (exact) mass is 255 g/mol. The molecule has 0 unspecified atom stereocenters. The van der Waals surface area contributed by atoms with Gasteiger partial charge in [0.2, 0.25) is 10.0 Å². The van der Waals surface area contributed by atoms with Crippen LogP contribution in [0.3, 0.4) is 0 Å². The molecule has 5 heteroatoms. The number of rotatable bonds is 6. The van der Waals surface area contributed by atoms with Crippen molar-refractivity contribution in [1.82, 2.24) is 0 Å². The molecule has 1 rings (SSSR count). The Morgan fingerprint density at radius 1 is 1.18 bits per heavy atom. The maximum atomic E-state index is 11.5. The van der Waals surface area contributed by atoms with E-state index in [-0.39, 0.29) is 11.5 Å². The average Bonchev–Trinajstić information content (AvgIpc) is 2.28. The summed E-state index contributed by atoms with van der Waals surface area (Å²) < 4.78 is 25.5. The summed E-state index contributed by atoms with van der Waals surface area (Å²) in [6, 6.07) is 6.48. The van der Waals surface area contributed by atoms with Gasteiger partial charge in [0.1, 0.15) is 0 Å². The first-order chi connectivity index (χ1) is 7.98. The van der Waals surface area contributed by atoms with Crippen molar-refractivity contribution >= 4 is 21.5 Å². The van der Waals surface area contributed by atoms with E-state index in [1.807, 2.05) is 6.92 Å². The van der Waals surface area contributed by atoms with Gasteiger partial charge in [-0.2, -0.15) is 0 Å². The molecule has 0 saturated carbocycles. The molecule has 4 nitrogen and oxygen atoms in total. The summed E-state index contributed by atoms with van der Waals surface area (Å²) in [5.41, 5.74) is 1.09. The zero-order chi connectivity index (χ0) is 12.9. The Labute approximate surface area is 102 Å². The van der Waals surface area contributed by atoms with Crippen LogP contribution in [0.4, 0.5) is 5.69 Å². The van der Waals surface area contributed by atoms with Gasteiger partial charge in [-0.3, -0.25) is 9.52 Å². The SMILES string of the molecule is CCCS(=O)(=O)Nc1ccc(C(=O)CC)cc1. The molecular weight excluding hydrogens is 238 g/mol. The zero-order valence-electron chi connectivity index (χ0n) is 10.1. The average molecular weight is 255 g/mol. The van der Waals surface area contributed by atoms with Crippen LogP contribution in [-0.4, -0.2) is 20.0 Å². The molecule has 0 atom stereocenters.